The van der Waals surface area contributed by atoms with E-state index in [0.717, 1.165) is 66.6 Å². The first-order valence-corrected chi connectivity index (χ1v) is 16.2. The van der Waals surface area contributed by atoms with E-state index in [4.69, 9.17) is 9.40 Å². The van der Waals surface area contributed by atoms with Gasteiger partial charge in [-0.3, -0.25) is 4.98 Å². The van der Waals surface area contributed by atoms with Gasteiger partial charge in [0, 0.05) is 28.1 Å². The van der Waals surface area contributed by atoms with Crippen LogP contribution in [-0.2, 0) is 10.8 Å². The summed E-state index contributed by atoms with van der Waals surface area (Å²) >= 11 is 0. The molecule has 5 aromatic carbocycles. The van der Waals surface area contributed by atoms with Crippen LogP contribution in [0.3, 0.4) is 0 Å². The Kier molecular flexibility index (Phi) is 7.33. The van der Waals surface area contributed by atoms with Gasteiger partial charge in [-0.15, -0.1) is 0 Å². The van der Waals surface area contributed by atoms with Gasteiger partial charge >= 0.3 is 0 Å². The highest BCUT2D eigenvalue weighted by atomic mass is 16.3. The van der Waals surface area contributed by atoms with Gasteiger partial charge in [0.25, 0.3) is 0 Å². The van der Waals surface area contributed by atoms with E-state index in [9.17, 15) is 5.26 Å². The molecule has 0 atom stereocenters. The summed E-state index contributed by atoms with van der Waals surface area (Å²) in [5.74, 6) is 0. The third kappa shape index (κ3) is 5.51. The first-order chi connectivity index (χ1) is 22.5. The number of hydrogen-bond acceptors (Lipinski definition) is 3. The predicted octanol–water partition coefficient (Wildman–Crippen LogP) is 12.1. The molecule has 0 aliphatic rings. The van der Waals surface area contributed by atoms with Gasteiger partial charge in [-0.1, -0.05) is 126 Å². The second kappa shape index (κ2) is 11.4. The number of nitrogens with zero attached hydrogens (tertiary/aromatic N) is 2. The molecule has 0 amide bonds. The third-order valence-electron chi connectivity index (χ3n) is 9.12. The molecule has 7 rings (SSSR count). The molecule has 0 fully saturated rings. The summed E-state index contributed by atoms with van der Waals surface area (Å²) in [4.78, 5) is 4.84. The van der Waals surface area contributed by atoms with Crippen molar-refractivity contribution in [1.29, 1.82) is 5.26 Å². The average Bonchev–Trinajstić information content (AvgIpc) is 3.47. The van der Waals surface area contributed by atoms with Gasteiger partial charge in [0.05, 0.1) is 17.3 Å². The minimum absolute atomic E-state index is 0.0951. The lowest BCUT2D eigenvalue weighted by Gasteiger charge is -2.21. The number of pyridine rings is 1. The molecular formula is C44H38N2O. The molecule has 2 aromatic heterocycles. The summed E-state index contributed by atoms with van der Waals surface area (Å²) in [6.07, 6.45) is 1.88. The summed E-state index contributed by atoms with van der Waals surface area (Å²) in [5, 5.41) is 12.3. The van der Waals surface area contributed by atoms with Crippen LogP contribution >= 0.6 is 0 Å². The van der Waals surface area contributed by atoms with Gasteiger partial charge < -0.3 is 4.42 Å². The lowest BCUT2D eigenvalue weighted by molar-refractivity contribution is 0.590. The zero-order chi connectivity index (χ0) is 32.9. The van der Waals surface area contributed by atoms with E-state index in [0.29, 0.717) is 5.56 Å². The maximum atomic E-state index is 10.3. The van der Waals surface area contributed by atoms with Crippen LogP contribution in [-0.4, -0.2) is 4.98 Å². The fourth-order valence-electron chi connectivity index (χ4n) is 6.53. The highest BCUT2D eigenvalue weighted by Gasteiger charge is 2.26. The van der Waals surface area contributed by atoms with Crippen LogP contribution in [0.5, 0.6) is 0 Å². The van der Waals surface area contributed by atoms with Gasteiger partial charge in [-0.2, -0.15) is 5.26 Å². The Morgan fingerprint density at radius 1 is 0.596 bits per heavy atom. The predicted molar refractivity (Wildman–Crippen MR) is 195 cm³/mol. The molecule has 0 aliphatic heterocycles. The Balaban J connectivity index is 1.43. The van der Waals surface area contributed by atoms with Crippen molar-refractivity contribution in [3.63, 3.8) is 0 Å². The van der Waals surface area contributed by atoms with Crippen molar-refractivity contribution < 1.29 is 4.42 Å². The van der Waals surface area contributed by atoms with Crippen LogP contribution in [0.25, 0.3) is 66.6 Å². The molecule has 0 radical (unpaired) electrons. The zero-order valence-corrected chi connectivity index (χ0v) is 27.8. The van der Waals surface area contributed by atoms with Crippen molar-refractivity contribution in [2.45, 2.75) is 52.4 Å². The van der Waals surface area contributed by atoms with Gasteiger partial charge in [-0.25, -0.2) is 0 Å². The average molecular weight is 611 g/mol. The summed E-state index contributed by atoms with van der Waals surface area (Å²) in [6.45, 7) is 13.4. The molecule has 0 aliphatic carbocycles. The maximum absolute atomic E-state index is 10.3. The smallest absolute Gasteiger partial charge is 0.145 e. The fraction of sp³-hybridized carbons (Fsp3) is 0.182. The molecule has 0 unspecified atom stereocenters. The van der Waals surface area contributed by atoms with Crippen LogP contribution in [0, 0.1) is 11.3 Å². The van der Waals surface area contributed by atoms with Gasteiger partial charge in [0.2, 0.25) is 0 Å². The van der Waals surface area contributed by atoms with Gasteiger partial charge in [0.15, 0.2) is 0 Å². The normalized spacial score (nSPS) is 12.0. The molecule has 3 nitrogen and oxygen atoms in total. The molecule has 47 heavy (non-hydrogen) atoms. The number of nitriles is 1. The number of aromatic nitrogens is 1. The molecule has 0 N–H and O–H groups in total. The van der Waals surface area contributed by atoms with Crippen LogP contribution in [0.15, 0.2) is 126 Å². The van der Waals surface area contributed by atoms with E-state index in [1.165, 1.54) is 11.1 Å². The number of furan rings is 1. The Bertz CT molecular complexity index is 2290. The van der Waals surface area contributed by atoms with E-state index in [-0.39, 0.29) is 10.8 Å². The summed E-state index contributed by atoms with van der Waals surface area (Å²) in [6, 6.07) is 42.5. The Hall–Kier alpha value is -5.46. The van der Waals surface area contributed by atoms with Gasteiger partial charge in [0.1, 0.15) is 11.2 Å². The molecule has 0 spiro atoms. The molecule has 0 saturated heterocycles. The van der Waals surface area contributed by atoms with E-state index >= 15 is 0 Å². The summed E-state index contributed by atoms with van der Waals surface area (Å²) < 4.78 is 6.92. The van der Waals surface area contributed by atoms with Crippen LogP contribution in [0.4, 0.5) is 0 Å². The van der Waals surface area contributed by atoms with Crippen molar-refractivity contribution in [2.24, 2.45) is 0 Å². The van der Waals surface area contributed by atoms with E-state index < -0.39 is 0 Å². The molecule has 7 aromatic rings. The quantitative estimate of drug-likeness (QED) is 0.199. The number of hydrogen-bond donors (Lipinski definition) is 0. The maximum Gasteiger partial charge on any atom is 0.145 e. The van der Waals surface area contributed by atoms with Crippen molar-refractivity contribution in [2.75, 3.05) is 0 Å². The second-order valence-electron chi connectivity index (χ2n) is 14.4. The minimum atomic E-state index is -0.136. The van der Waals surface area contributed by atoms with Crippen molar-refractivity contribution >= 4 is 21.9 Å². The molecule has 0 bridgehead atoms. The second-order valence-corrected chi connectivity index (χ2v) is 14.4. The Labute approximate surface area is 277 Å². The topological polar surface area (TPSA) is 49.8 Å². The van der Waals surface area contributed by atoms with Crippen LogP contribution < -0.4 is 0 Å². The molecular weight excluding hydrogens is 572 g/mol. The molecule has 2 heterocycles. The first-order valence-electron chi connectivity index (χ1n) is 16.2. The Morgan fingerprint density at radius 3 is 1.89 bits per heavy atom. The zero-order valence-electron chi connectivity index (χ0n) is 27.8. The number of rotatable bonds is 4. The van der Waals surface area contributed by atoms with Gasteiger partial charge in [-0.05, 0) is 80.1 Å². The summed E-state index contributed by atoms with van der Waals surface area (Å²) in [7, 11) is 0. The lowest BCUT2D eigenvalue weighted by atomic mass is 9.82. The largest absolute Gasteiger partial charge is 0.455 e. The summed E-state index contributed by atoms with van der Waals surface area (Å²) in [5.41, 5.74) is 12.6. The van der Waals surface area contributed by atoms with Crippen molar-refractivity contribution in [1.82, 2.24) is 4.98 Å². The highest BCUT2D eigenvalue weighted by molar-refractivity contribution is 6.15. The van der Waals surface area contributed by atoms with E-state index in [1.54, 1.807) is 0 Å². The van der Waals surface area contributed by atoms with Crippen molar-refractivity contribution in [3.05, 3.63) is 138 Å². The van der Waals surface area contributed by atoms with Crippen molar-refractivity contribution in [3.8, 4) is 50.7 Å². The minimum Gasteiger partial charge on any atom is -0.455 e. The van der Waals surface area contributed by atoms with E-state index in [2.05, 4.69) is 133 Å². The Morgan fingerprint density at radius 2 is 1.23 bits per heavy atom. The standard InChI is InChI=1S/C44H38N2O/c1-43(2,3)34-19-16-30(17-20-34)32-24-25-46-38(26-32)35-22-23-37(44(4,5)6)40-36-21-18-33(27-45)39(42(36)47-41(35)40)31-14-12-29(13-15-31)28-10-8-7-9-11-28/h7-26H,1-6H3. The number of benzene rings is 5. The first kappa shape index (κ1) is 30.2. The molecule has 3 heteroatoms. The molecule has 230 valence electrons. The molecule has 0 saturated carbocycles. The van der Waals surface area contributed by atoms with Crippen LogP contribution in [0.2, 0.25) is 0 Å². The van der Waals surface area contributed by atoms with Crippen LogP contribution in [0.1, 0.15) is 58.2 Å². The third-order valence-corrected chi connectivity index (χ3v) is 9.12. The van der Waals surface area contributed by atoms with E-state index in [1.807, 2.05) is 36.5 Å². The lowest BCUT2D eigenvalue weighted by Crippen LogP contribution is -2.11. The monoisotopic (exact) mass is 610 g/mol. The highest BCUT2D eigenvalue weighted by Crippen LogP contribution is 2.45. The fourth-order valence-corrected chi connectivity index (χ4v) is 6.53. The number of fused-ring (bicyclic) bond motifs is 3. The SMILES string of the molecule is CC(C)(C)c1ccc(-c2ccnc(-c3ccc(C(C)(C)C)c4c3oc3c(-c5ccc(-c6ccccc6)cc5)c(C#N)ccc34)c2)cc1.